The first-order chi connectivity index (χ1) is 20.4. The maximum atomic E-state index is 14.4. The molecule has 0 bridgehead atoms. The first-order valence-corrected chi connectivity index (χ1v) is 16.4. The Morgan fingerprint density at radius 1 is 1.00 bits per heavy atom. The Morgan fingerprint density at radius 2 is 1.76 bits per heavy atom. The van der Waals surface area contributed by atoms with E-state index in [4.69, 9.17) is 0 Å². The Morgan fingerprint density at radius 3 is 2.52 bits per heavy atom. The van der Waals surface area contributed by atoms with Crippen molar-refractivity contribution in [2.45, 2.75) is 82.1 Å². The van der Waals surface area contributed by atoms with E-state index in [2.05, 4.69) is 45.3 Å². The first-order valence-electron chi connectivity index (χ1n) is 15.6. The van der Waals surface area contributed by atoms with Crippen LogP contribution in [0.3, 0.4) is 0 Å². The van der Waals surface area contributed by atoms with Crippen molar-refractivity contribution in [1.82, 2.24) is 14.8 Å². The van der Waals surface area contributed by atoms with Gasteiger partial charge >= 0.3 is 0 Å². The summed E-state index contributed by atoms with van der Waals surface area (Å²) in [6.45, 7) is 0.709. The van der Waals surface area contributed by atoms with Crippen LogP contribution in [0.5, 0.6) is 0 Å². The van der Waals surface area contributed by atoms with Crippen molar-refractivity contribution in [1.29, 1.82) is 0 Å². The van der Waals surface area contributed by atoms with Crippen molar-refractivity contribution in [3.05, 3.63) is 65.2 Å². The minimum Gasteiger partial charge on any atom is -0.393 e. The molecular formula is C34H39FN4O2S. The molecule has 3 saturated carbocycles. The maximum absolute atomic E-state index is 14.4. The Kier molecular flexibility index (Phi) is 7.61. The molecule has 6 nitrogen and oxygen atoms in total. The lowest BCUT2D eigenvalue weighted by molar-refractivity contribution is -0.124. The first kappa shape index (κ1) is 27.7. The van der Waals surface area contributed by atoms with Gasteiger partial charge in [-0.25, -0.2) is 4.98 Å². The number of rotatable bonds is 7. The van der Waals surface area contributed by atoms with Crippen LogP contribution >= 0.6 is 11.3 Å². The molecule has 0 saturated heterocycles. The second-order valence-electron chi connectivity index (χ2n) is 12.8. The molecule has 1 N–H and O–H groups in total. The molecule has 4 aromatic rings. The van der Waals surface area contributed by atoms with Crippen molar-refractivity contribution >= 4 is 33.8 Å². The van der Waals surface area contributed by atoms with E-state index in [9.17, 15) is 14.3 Å². The second-order valence-corrected chi connectivity index (χ2v) is 13.8. The van der Waals surface area contributed by atoms with Gasteiger partial charge in [-0.2, -0.15) is 4.39 Å². The van der Waals surface area contributed by atoms with E-state index >= 15 is 0 Å². The highest BCUT2D eigenvalue weighted by Gasteiger charge is 2.33. The van der Waals surface area contributed by atoms with Gasteiger partial charge in [-0.1, -0.05) is 18.2 Å². The van der Waals surface area contributed by atoms with Crippen LogP contribution < -0.4 is 4.90 Å². The third-order valence-corrected chi connectivity index (χ3v) is 11.0. The number of aliphatic hydroxyl groups excluding tert-OH is 1. The number of fused-ring (bicyclic) bond motifs is 1. The van der Waals surface area contributed by atoms with E-state index in [1.54, 1.807) is 23.1 Å². The zero-order valence-electron chi connectivity index (χ0n) is 24.2. The molecule has 0 atom stereocenters. The summed E-state index contributed by atoms with van der Waals surface area (Å²) in [6, 6.07) is 14.5. The van der Waals surface area contributed by atoms with Gasteiger partial charge in [-0.05, 0) is 111 Å². The highest BCUT2D eigenvalue weighted by atomic mass is 32.1. The summed E-state index contributed by atoms with van der Waals surface area (Å²) < 4.78 is 16.0. The number of benzene rings is 2. The highest BCUT2D eigenvalue weighted by Crippen LogP contribution is 2.44. The summed E-state index contributed by atoms with van der Waals surface area (Å²) in [5, 5.41) is 15.8. The molecular weight excluding hydrogens is 547 g/mol. The van der Waals surface area contributed by atoms with E-state index in [-0.39, 0.29) is 17.9 Å². The van der Waals surface area contributed by atoms with Crippen LogP contribution in [0.1, 0.15) is 86.6 Å². The third-order valence-electron chi connectivity index (χ3n) is 9.79. The molecule has 2 aromatic carbocycles. The molecule has 2 heterocycles. The molecule has 3 fully saturated rings. The SMILES string of the molecule is Cn1nc(F)c2cc(C3CCC(CN(C(=O)C4CCC(O)CC4)c4cccc(-c5cnc(C6CC6)s5)c4)CC3)ccc21. The average molecular weight is 587 g/mol. The number of nitrogens with zero attached hydrogens (tertiary/aromatic N) is 4. The number of hydrogen-bond acceptors (Lipinski definition) is 5. The number of halogens is 1. The molecule has 0 radical (unpaired) electrons. The number of anilines is 1. The quantitative estimate of drug-likeness (QED) is 0.242. The molecule has 3 aliphatic carbocycles. The predicted molar refractivity (Wildman–Crippen MR) is 165 cm³/mol. The maximum Gasteiger partial charge on any atom is 0.240 e. The minimum atomic E-state index is -0.406. The van der Waals surface area contributed by atoms with Crippen molar-refractivity contribution in [3.63, 3.8) is 0 Å². The summed E-state index contributed by atoms with van der Waals surface area (Å²) in [5.41, 5.74) is 4.09. The predicted octanol–water partition coefficient (Wildman–Crippen LogP) is 7.57. The second kappa shape index (κ2) is 11.5. The van der Waals surface area contributed by atoms with Crippen molar-refractivity contribution < 1.29 is 14.3 Å². The minimum absolute atomic E-state index is 0.0422. The Balaban J connectivity index is 1.09. The topological polar surface area (TPSA) is 71.2 Å². The Labute approximate surface area is 250 Å². The van der Waals surface area contributed by atoms with E-state index < -0.39 is 5.95 Å². The van der Waals surface area contributed by atoms with Crippen molar-refractivity contribution in [2.24, 2.45) is 18.9 Å². The van der Waals surface area contributed by atoms with Crippen molar-refractivity contribution in [3.8, 4) is 10.4 Å². The third kappa shape index (κ3) is 5.63. The molecule has 0 spiro atoms. The normalized spacial score (nSPS) is 24.6. The Bertz CT molecular complexity index is 1580. The largest absolute Gasteiger partial charge is 0.393 e. The zero-order valence-corrected chi connectivity index (χ0v) is 25.0. The number of amides is 1. The van der Waals surface area contributed by atoms with Gasteiger partial charge < -0.3 is 10.0 Å². The van der Waals surface area contributed by atoms with Crippen LogP contribution in [0.2, 0.25) is 0 Å². The van der Waals surface area contributed by atoms with E-state index in [0.717, 1.165) is 60.2 Å². The molecule has 7 rings (SSSR count). The van der Waals surface area contributed by atoms with Crippen LogP contribution in [0.4, 0.5) is 10.1 Å². The number of carbonyl (C=O) groups is 1. The fraction of sp³-hybridized carbons (Fsp3) is 0.500. The molecule has 0 unspecified atom stereocenters. The van der Waals surface area contributed by atoms with Crippen LogP contribution in [-0.2, 0) is 11.8 Å². The van der Waals surface area contributed by atoms with Gasteiger partial charge in [0.1, 0.15) is 0 Å². The molecule has 0 aliphatic heterocycles. The molecule has 220 valence electrons. The van der Waals surface area contributed by atoms with Gasteiger partial charge in [0.2, 0.25) is 11.9 Å². The number of carbonyl (C=O) groups excluding carboxylic acids is 1. The fourth-order valence-electron chi connectivity index (χ4n) is 7.06. The highest BCUT2D eigenvalue weighted by molar-refractivity contribution is 7.15. The van der Waals surface area contributed by atoms with Crippen LogP contribution in [0.25, 0.3) is 21.3 Å². The molecule has 42 heavy (non-hydrogen) atoms. The zero-order chi connectivity index (χ0) is 28.8. The fourth-order valence-corrected chi connectivity index (χ4v) is 8.15. The lowest BCUT2D eigenvalue weighted by Crippen LogP contribution is -2.41. The lowest BCUT2D eigenvalue weighted by Gasteiger charge is -2.36. The lowest BCUT2D eigenvalue weighted by atomic mass is 9.78. The van der Waals surface area contributed by atoms with Gasteiger partial charge in [0.25, 0.3) is 0 Å². The van der Waals surface area contributed by atoms with Crippen LogP contribution in [-0.4, -0.2) is 38.4 Å². The molecule has 8 heteroatoms. The molecule has 3 aliphatic rings. The van der Waals surface area contributed by atoms with E-state index in [0.29, 0.717) is 42.5 Å². The van der Waals surface area contributed by atoms with Crippen LogP contribution in [0.15, 0.2) is 48.7 Å². The number of aryl methyl sites for hydroxylation is 1. The summed E-state index contributed by atoms with van der Waals surface area (Å²) in [4.78, 5) is 22.0. The molecule has 1 amide bonds. The van der Waals surface area contributed by atoms with Gasteiger partial charge in [0.15, 0.2) is 0 Å². The number of thiazole rings is 1. The van der Waals surface area contributed by atoms with Gasteiger partial charge in [-0.15, -0.1) is 16.4 Å². The van der Waals surface area contributed by atoms with Crippen molar-refractivity contribution in [2.75, 3.05) is 11.4 Å². The smallest absolute Gasteiger partial charge is 0.240 e. The number of aliphatic hydroxyl groups is 1. The summed E-state index contributed by atoms with van der Waals surface area (Å²) in [5.74, 6) is 1.18. The van der Waals surface area contributed by atoms with E-state index in [1.807, 2.05) is 18.3 Å². The van der Waals surface area contributed by atoms with Crippen LogP contribution in [0, 0.1) is 17.8 Å². The standard InChI is InChI=1S/C34H39FN4O2S/c1-38-30-16-13-25(18-29(30)32(35)37-38)22-7-5-21(6-8-22)20-39(34(41)24-11-14-28(40)15-12-24)27-4-2-3-26(17-27)31-19-36-33(42-31)23-9-10-23/h2-4,13,16-19,21-24,28,40H,5-12,14-15,20H2,1H3. The number of hydrogen-bond donors (Lipinski definition) is 1. The number of aromatic nitrogens is 3. The summed E-state index contributed by atoms with van der Waals surface area (Å²) in [7, 11) is 1.78. The van der Waals surface area contributed by atoms with Gasteiger partial charge in [-0.3, -0.25) is 9.48 Å². The average Bonchev–Trinajstić information content (AvgIpc) is 3.68. The molecule has 2 aromatic heterocycles. The van der Waals surface area contributed by atoms with E-state index in [1.165, 1.54) is 23.4 Å². The monoisotopic (exact) mass is 586 g/mol. The summed E-state index contributed by atoms with van der Waals surface area (Å²) >= 11 is 1.78. The summed E-state index contributed by atoms with van der Waals surface area (Å²) in [6.07, 6.45) is 11.2. The Hall–Kier alpha value is -3.10. The van der Waals surface area contributed by atoms with Gasteiger partial charge in [0, 0.05) is 37.3 Å². The van der Waals surface area contributed by atoms with Gasteiger partial charge in [0.05, 0.1) is 26.9 Å².